The van der Waals surface area contributed by atoms with Crippen molar-refractivity contribution in [3.63, 3.8) is 0 Å². The first kappa shape index (κ1) is 20.8. The summed E-state index contributed by atoms with van der Waals surface area (Å²) in [6.45, 7) is 2.47. The van der Waals surface area contributed by atoms with Gasteiger partial charge < -0.3 is 19.6 Å². The molecule has 0 saturated carbocycles. The largest absolute Gasteiger partial charge is 0.416 e. The van der Waals surface area contributed by atoms with Gasteiger partial charge in [0.2, 0.25) is 5.91 Å². The van der Waals surface area contributed by atoms with Gasteiger partial charge in [0.1, 0.15) is 12.8 Å². The van der Waals surface area contributed by atoms with E-state index in [1.165, 1.54) is 17.2 Å². The third-order valence-electron chi connectivity index (χ3n) is 4.67. The predicted octanol–water partition coefficient (Wildman–Crippen LogP) is 2.87. The average Bonchev–Trinajstić information content (AvgIpc) is 3.38. The van der Waals surface area contributed by atoms with Gasteiger partial charge in [-0.3, -0.25) is 9.59 Å². The number of aromatic nitrogens is 1. The van der Waals surface area contributed by atoms with Crippen molar-refractivity contribution in [1.82, 2.24) is 15.0 Å². The molecule has 0 atom stereocenters. The second-order valence-electron chi connectivity index (χ2n) is 6.78. The van der Waals surface area contributed by atoms with E-state index in [1.807, 2.05) is 0 Å². The number of nitrogens with one attached hydrogen (secondary N) is 1. The maximum absolute atomic E-state index is 12.9. The molecular formula is C19H21F3N4O3. The van der Waals surface area contributed by atoms with Crippen molar-refractivity contribution >= 4 is 17.6 Å². The van der Waals surface area contributed by atoms with E-state index in [1.54, 1.807) is 0 Å². The maximum atomic E-state index is 12.9. The van der Waals surface area contributed by atoms with Crippen molar-refractivity contribution in [3.8, 4) is 0 Å². The Morgan fingerprint density at radius 2 is 1.83 bits per heavy atom. The van der Waals surface area contributed by atoms with Crippen LogP contribution in [-0.2, 0) is 11.0 Å². The zero-order valence-corrected chi connectivity index (χ0v) is 15.6. The normalized spacial score (nSPS) is 14.7. The molecule has 0 unspecified atom stereocenters. The van der Waals surface area contributed by atoms with Crippen molar-refractivity contribution in [2.75, 3.05) is 38.0 Å². The second kappa shape index (κ2) is 9.08. The molecule has 0 bridgehead atoms. The van der Waals surface area contributed by atoms with E-state index in [-0.39, 0.29) is 24.5 Å². The lowest BCUT2D eigenvalue weighted by Crippen LogP contribution is -2.42. The number of nitrogens with zero attached hydrogens (tertiary/aromatic N) is 3. The van der Waals surface area contributed by atoms with Gasteiger partial charge in [-0.05, 0) is 50.2 Å². The molecule has 0 aliphatic carbocycles. The summed E-state index contributed by atoms with van der Waals surface area (Å²) < 4.78 is 42.9. The van der Waals surface area contributed by atoms with Gasteiger partial charge >= 0.3 is 6.18 Å². The number of carbonyl (C=O) groups is 2. The van der Waals surface area contributed by atoms with Crippen LogP contribution in [0, 0.1) is 0 Å². The van der Waals surface area contributed by atoms with Crippen LogP contribution in [0.15, 0.2) is 41.1 Å². The number of amides is 2. The fraction of sp³-hybridized carbons (Fsp3) is 0.421. The third-order valence-corrected chi connectivity index (χ3v) is 4.67. The SMILES string of the molecule is O=C(CN(CCN1CCCC1)C(=O)c1ccc(C(F)(F)F)cc1)Nc1ccon1. The van der Waals surface area contributed by atoms with Crippen LogP contribution in [0.5, 0.6) is 0 Å². The van der Waals surface area contributed by atoms with Crippen LogP contribution in [-0.4, -0.2) is 59.5 Å². The molecule has 10 heteroatoms. The van der Waals surface area contributed by atoms with Crippen LogP contribution >= 0.6 is 0 Å². The number of halogens is 3. The number of hydrogen-bond donors (Lipinski definition) is 1. The summed E-state index contributed by atoms with van der Waals surface area (Å²) in [4.78, 5) is 28.7. The van der Waals surface area contributed by atoms with Gasteiger partial charge in [0, 0.05) is 24.7 Å². The Morgan fingerprint density at radius 3 is 2.41 bits per heavy atom. The average molecular weight is 410 g/mol. The number of rotatable bonds is 7. The van der Waals surface area contributed by atoms with E-state index in [0.29, 0.717) is 6.54 Å². The molecule has 1 aromatic heterocycles. The fourth-order valence-corrected chi connectivity index (χ4v) is 3.14. The van der Waals surface area contributed by atoms with Crippen molar-refractivity contribution in [2.24, 2.45) is 0 Å². The number of hydrogen-bond acceptors (Lipinski definition) is 5. The van der Waals surface area contributed by atoms with Crippen LogP contribution in [0.2, 0.25) is 0 Å². The minimum Gasteiger partial charge on any atom is -0.363 e. The summed E-state index contributed by atoms with van der Waals surface area (Å²) in [5, 5.41) is 6.10. The summed E-state index contributed by atoms with van der Waals surface area (Å²) in [5.41, 5.74) is -0.741. The Morgan fingerprint density at radius 1 is 1.14 bits per heavy atom. The minimum atomic E-state index is -4.48. The summed E-state index contributed by atoms with van der Waals surface area (Å²) in [6.07, 6.45) is -1.01. The Balaban J connectivity index is 1.69. The lowest BCUT2D eigenvalue weighted by atomic mass is 10.1. The monoisotopic (exact) mass is 410 g/mol. The predicted molar refractivity (Wildman–Crippen MR) is 98.2 cm³/mol. The first-order valence-electron chi connectivity index (χ1n) is 9.22. The first-order valence-corrected chi connectivity index (χ1v) is 9.22. The molecule has 2 aromatic rings. The Hall–Kier alpha value is -2.88. The third kappa shape index (κ3) is 5.80. The summed E-state index contributed by atoms with van der Waals surface area (Å²) in [6, 6.07) is 5.44. The van der Waals surface area contributed by atoms with Gasteiger partial charge in [-0.2, -0.15) is 13.2 Å². The smallest absolute Gasteiger partial charge is 0.363 e. The highest BCUT2D eigenvalue weighted by atomic mass is 19.4. The summed E-state index contributed by atoms with van der Waals surface area (Å²) in [5.74, 6) is -0.759. The van der Waals surface area contributed by atoms with E-state index < -0.39 is 23.6 Å². The first-order chi connectivity index (χ1) is 13.8. The molecule has 1 N–H and O–H groups in total. The van der Waals surface area contributed by atoms with E-state index >= 15 is 0 Å². The fourth-order valence-electron chi connectivity index (χ4n) is 3.14. The summed E-state index contributed by atoms with van der Waals surface area (Å²) >= 11 is 0. The number of carbonyl (C=O) groups excluding carboxylic acids is 2. The van der Waals surface area contributed by atoms with Crippen molar-refractivity contribution in [3.05, 3.63) is 47.7 Å². The maximum Gasteiger partial charge on any atom is 0.416 e. The standard InChI is InChI=1S/C19H21F3N4O3/c20-19(21,22)15-5-3-14(4-6-15)18(28)26(11-10-25-8-1-2-9-25)13-17(27)23-16-7-12-29-24-16/h3-7,12H,1-2,8-11,13H2,(H,23,24,27). The Labute approximate surface area is 165 Å². The van der Waals surface area contributed by atoms with Crippen LogP contribution in [0.1, 0.15) is 28.8 Å². The second-order valence-corrected chi connectivity index (χ2v) is 6.78. The molecule has 1 aliphatic heterocycles. The summed E-state index contributed by atoms with van der Waals surface area (Å²) in [7, 11) is 0. The van der Waals surface area contributed by atoms with Crippen molar-refractivity contribution in [2.45, 2.75) is 19.0 Å². The molecule has 0 spiro atoms. The number of benzene rings is 1. The molecule has 29 heavy (non-hydrogen) atoms. The van der Waals surface area contributed by atoms with Crippen molar-refractivity contribution in [1.29, 1.82) is 0 Å². The molecule has 2 amide bonds. The molecule has 1 aromatic carbocycles. The molecule has 156 valence electrons. The van der Waals surface area contributed by atoms with E-state index in [4.69, 9.17) is 0 Å². The van der Waals surface area contributed by atoms with Gasteiger partial charge in [0.05, 0.1) is 5.56 Å². The highest BCUT2D eigenvalue weighted by Crippen LogP contribution is 2.29. The Kier molecular flexibility index (Phi) is 6.53. The lowest BCUT2D eigenvalue weighted by molar-refractivity contribution is -0.137. The van der Waals surface area contributed by atoms with Gasteiger partial charge in [0.25, 0.3) is 5.91 Å². The molecule has 7 nitrogen and oxygen atoms in total. The molecule has 1 aliphatic rings. The topological polar surface area (TPSA) is 78.7 Å². The van der Waals surface area contributed by atoms with Gasteiger partial charge in [-0.15, -0.1) is 0 Å². The highest BCUT2D eigenvalue weighted by molar-refractivity contribution is 5.99. The van der Waals surface area contributed by atoms with E-state index in [9.17, 15) is 22.8 Å². The quantitative estimate of drug-likeness (QED) is 0.760. The number of anilines is 1. The highest BCUT2D eigenvalue weighted by Gasteiger charge is 2.30. The molecule has 3 rings (SSSR count). The van der Waals surface area contributed by atoms with Crippen LogP contribution in [0.25, 0.3) is 0 Å². The zero-order chi connectivity index (χ0) is 20.9. The molecule has 0 radical (unpaired) electrons. The van der Waals surface area contributed by atoms with E-state index in [2.05, 4.69) is 19.9 Å². The van der Waals surface area contributed by atoms with Gasteiger partial charge in [0.15, 0.2) is 5.82 Å². The van der Waals surface area contributed by atoms with Crippen LogP contribution in [0.3, 0.4) is 0 Å². The molecule has 1 saturated heterocycles. The van der Waals surface area contributed by atoms with E-state index in [0.717, 1.165) is 50.2 Å². The number of alkyl halides is 3. The van der Waals surface area contributed by atoms with Gasteiger partial charge in [-0.1, -0.05) is 5.16 Å². The lowest BCUT2D eigenvalue weighted by Gasteiger charge is -2.25. The van der Waals surface area contributed by atoms with Crippen LogP contribution < -0.4 is 5.32 Å². The number of likely N-dealkylation sites (tertiary alicyclic amines) is 1. The minimum absolute atomic E-state index is 0.0914. The molecular weight excluding hydrogens is 389 g/mol. The Bertz CT molecular complexity index is 816. The zero-order valence-electron chi connectivity index (χ0n) is 15.6. The van der Waals surface area contributed by atoms with Crippen molar-refractivity contribution < 1.29 is 27.3 Å². The molecule has 2 heterocycles. The van der Waals surface area contributed by atoms with Crippen LogP contribution in [0.4, 0.5) is 19.0 Å². The van der Waals surface area contributed by atoms with Gasteiger partial charge in [-0.25, -0.2) is 0 Å². The molecule has 1 fully saturated rings.